The quantitative estimate of drug-likeness (QED) is 0.615. The van der Waals surface area contributed by atoms with E-state index in [9.17, 15) is 4.79 Å². The van der Waals surface area contributed by atoms with Gasteiger partial charge in [0, 0.05) is 12.0 Å². The summed E-state index contributed by atoms with van der Waals surface area (Å²) in [5.41, 5.74) is 1.10. The number of carbonyl (C=O) groups is 1. The fourth-order valence-corrected chi connectivity index (χ4v) is 2.71. The summed E-state index contributed by atoms with van der Waals surface area (Å²) >= 11 is 0. The number of allylic oxidation sites excluding steroid dienone is 1. The van der Waals surface area contributed by atoms with E-state index in [-0.39, 0.29) is 5.92 Å². The molecule has 0 amide bonds. The van der Waals surface area contributed by atoms with Crippen molar-refractivity contribution in [1.82, 2.24) is 4.90 Å². The van der Waals surface area contributed by atoms with Crippen LogP contribution in [0.15, 0.2) is 11.6 Å². The van der Waals surface area contributed by atoms with Gasteiger partial charge in [-0.15, -0.1) is 0 Å². The molecule has 2 unspecified atom stereocenters. The number of carbonyl (C=O) groups excluding carboxylic acids is 1. The smallest absolute Gasteiger partial charge is 0.161 e. The zero-order valence-corrected chi connectivity index (χ0v) is 9.83. The average Bonchev–Trinajstić information content (AvgIpc) is 2.60. The van der Waals surface area contributed by atoms with E-state index in [1.165, 1.54) is 25.8 Å². The molecule has 2 aliphatic rings. The number of likely N-dealkylation sites (tertiary alicyclic amines) is 1. The van der Waals surface area contributed by atoms with E-state index in [1.54, 1.807) is 0 Å². The molecule has 1 saturated carbocycles. The van der Waals surface area contributed by atoms with Gasteiger partial charge in [-0.1, -0.05) is 13.0 Å². The lowest BCUT2D eigenvalue weighted by atomic mass is 9.84. The highest BCUT2D eigenvalue weighted by atomic mass is 16.1. The van der Waals surface area contributed by atoms with Crippen molar-refractivity contribution >= 4 is 5.78 Å². The van der Waals surface area contributed by atoms with Crippen LogP contribution in [0, 0.1) is 5.92 Å². The van der Waals surface area contributed by atoms with Crippen LogP contribution in [0.1, 0.15) is 39.0 Å². The Kier molecular flexibility index (Phi) is 3.25. The summed E-state index contributed by atoms with van der Waals surface area (Å²) in [5.74, 6) is 0.665. The molecule has 2 nitrogen and oxygen atoms in total. The van der Waals surface area contributed by atoms with Crippen molar-refractivity contribution in [1.29, 1.82) is 0 Å². The SMILES string of the molecule is CC1CCC/C(=C/C2CCCN2C)C1=O. The van der Waals surface area contributed by atoms with Gasteiger partial charge in [0.05, 0.1) is 0 Å². The number of nitrogens with zero attached hydrogens (tertiary/aromatic N) is 1. The highest BCUT2D eigenvalue weighted by Crippen LogP contribution is 2.27. The summed E-state index contributed by atoms with van der Waals surface area (Å²) in [6.45, 7) is 3.24. The third kappa shape index (κ3) is 2.31. The molecule has 0 aromatic rings. The Balaban J connectivity index is 2.08. The van der Waals surface area contributed by atoms with Crippen LogP contribution in [0.3, 0.4) is 0 Å². The van der Waals surface area contributed by atoms with Gasteiger partial charge < -0.3 is 0 Å². The van der Waals surface area contributed by atoms with Crippen LogP contribution in [0.25, 0.3) is 0 Å². The predicted octanol–water partition coefficient (Wildman–Crippen LogP) is 2.40. The summed E-state index contributed by atoms with van der Waals surface area (Å²) in [7, 11) is 2.16. The van der Waals surface area contributed by atoms with E-state index in [0.29, 0.717) is 11.8 Å². The van der Waals surface area contributed by atoms with Gasteiger partial charge in [-0.2, -0.15) is 0 Å². The largest absolute Gasteiger partial charge is 0.300 e. The molecule has 2 atom stereocenters. The van der Waals surface area contributed by atoms with Gasteiger partial charge in [-0.25, -0.2) is 0 Å². The van der Waals surface area contributed by atoms with E-state index in [1.807, 2.05) is 0 Å². The van der Waals surface area contributed by atoms with E-state index in [4.69, 9.17) is 0 Å². The Bertz CT molecular complexity index is 282. The Morgan fingerprint density at radius 2 is 2.13 bits per heavy atom. The number of rotatable bonds is 1. The zero-order valence-electron chi connectivity index (χ0n) is 9.83. The number of hydrogen-bond donors (Lipinski definition) is 0. The van der Waals surface area contributed by atoms with Crippen molar-refractivity contribution in [3.63, 3.8) is 0 Å². The van der Waals surface area contributed by atoms with E-state index in [0.717, 1.165) is 18.4 Å². The first-order valence-electron chi connectivity index (χ1n) is 6.13. The molecule has 0 aromatic carbocycles. The van der Waals surface area contributed by atoms with Crippen LogP contribution in [0.5, 0.6) is 0 Å². The first-order valence-corrected chi connectivity index (χ1v) is 6.13. The minimum atomic E-state index is 0.261. The third-order valence-electron chi connectivity index (χ3n) is 3.82. The van der Waals surface area contributed by atoms with Gasteiger partial charge in [0.25, 0.3) is 0 Å². The molecular formula is C13H21NO. The van der Waals surface area contributed by atoms with Crippen LogP contribution in [-0.2, 0) is 4.79 Å². The van der Waals surface area contributed by atoms with Gasteiger partial charge in [0.1, 0.15) is 0 Å². The standard InChI is InChI=1S/C13H21NO/c1-10-5-3-6-11(13(10)15)9-12-7-4-8-14(12)2/h9-10,12H,3-8H2,1-2H3/b11-9-. The fraction of sp³-hybridized carbons (Fsp3) is 0.769. The zero-order chi connectivity index (χ0) is 10.8. The fourth-order valence-electron chi connectivity index (χ4n) is 2.71. The van der Waals surface area contributed by atoms with Crippen LogP contribution in [0.4, 0.5) is 0 Å². The lowest BCUT2D eigenvalue weighted by molar-refractivity contribution is -0.120. The molecule has 1 aliphatic heterocycles. The van der Waals surface area contributed by atoms with Gasteiger partial charge in [-0.05, 0) is 51.3 Å². The van der Waals surface area contributed by atoms with Gasteiger partial charge in [-0.3, -0.25) is 9.69 Å². The van der Waals surface area contributed by atoms with E-state index < -0.39 is 0 Å². The van der Waals surface area contributed by atoms with E-state index in [2.05, 4.69) is 24.9 Å². The maximum absolute atomic E-state index is 11.9. The van der Waals surface area contributed by atoms with Crippen molar-refractivity contribution in [2.45, 2.75) is 45.1 Å². The maximum atomic E-state index is 11.9. The second-order valence-corrected chi connectivity index (χ2v) is 5.04. The number of likely N-dealkylation sites (N-methyl/N-ethyl adjacent to an activating group) is 1. The minimum Gasteiger partial charge on any atom is -0.300 e. The van der Waals surface area contributed by atoms with E-state index >= 15 is 0 Å². The molecule has 0 spiro atoms. The predicted molar refractivity (Wildman–Crippen MR) is 61.8 cm³/mol. The topological polar surface area (TPSA) is 20.3 Å². The molecule has 1 aliphatic carbocycles. The molecule has 2 heteroatoms. The molecule has 0 radical (unpaired) electrons. The monoisotopic (exact) mass is 207 g/mol. The van der Waals surface area contributed by atoms with Gasteiger partial charge >= 0.3 is 0 Å². The highest BCUT2D eigenvalue weighted by molar-refractivity contribution is 5.97. The number of Topliss-reactive ketones (excluding diaryl/α,β-unsaturated/α-hetero) is 1. The summed E-state index contributed by atoms with van der Waals surface area (Å²) in [6, 6.07) is 0.522. The molecule has 2 fully saturated rings. The van der Waals surface area contributed by atoms with Crippen molar-refractivity contribution in [2.24, 2.45) is 5.92 Å². The Hall–Kier alpha value is -0.630. The van der Waals surface area contributed by atoms with Crippen molar-refractivity contribution in [3.05, 3.63) is 11.6 Å². The average molecular weight is 207 g/mol. The van der Waals surface area contributed by atoms with Crippen LogP contribution < -0.4 is 0 Å². The first kappa shape index (κ1) is 10.9. The van der Waals surface area contributed by atoms with Gasteiger partial charge in [0.2, 0.25) is 0 Å². The van der Waals surface area contributed by atoms with Crippen LogP contribution in [-0.4, -0.2) is 30.3 Å². The molecular weight excluding hydrogens is 186 g/mol. The van der Waals surface area contributed by atoms with Gasteiger partial charge in [0.15, 0.2) is 5.78 Å². The highest BCUT2D eigenvalue weighted by Gasteiger charge is 2.25. The molecule has 15 heavy (non-hydrogen) atoms. The Morgan fingerprint density at radius 3 is 2.80 bits per heavy atom. The summed E-state index contributed by atoms with van der Waals surface area (Å²) in [5, 5.41) is 0. The molecule has 0 N–H and O–H groups in total. The number of ketones is 1. The molecule has 1 heterocycles. The Morgan fingerprint density at radius 1 is 1.33 bits per heavy atom. The van der Waals surface area contributed by atoms with Crippen molar-refractivity contribution in [2.75, 3.05) is 13.6 Å². The first-order chi connectivity index (χ1) is 7.18. The van der Waals surface area contributed by atoms with Crippen molar-refractivity contribution in [3.8, 4) is 0 Å². The second kappa shape index (κ2) is 4.48. The molecule has 0 aromatic heterocycles. The Labute approximate surface area is 92.3 Å². The molecule has 84 valence electrons. The molecule has 2 rings (SSSR count). The number of hydrogen-bond acceptors (Lipinski definition) is 2. The van der Waals surface area contributed by atoms with Crippen molar-refractivity contribution < 1.29 is 4.79 Å². The summed E-state index contributed by atoms with van der Waals surface area (Å²) in [6.07, 6.45) is 8.01. The maximum Gasteiger partial charge on any atom is 0.161 e. The lowest BCUT2D eigenvalue weighted by Crippen LogP contribution is -2.26. The second-order valence-electron chi connectivity index (χ2n) is 5.04. The third-order valence-corrected chi connectivity index (χ3v) is 3.82. The van der Waals surface area contributed by atoms with Crippen LogP contribution in [0.2, 0.25) is 0 Å². The molecule has 0 bridgehead atoms. The van der Waals surface area contributed by atoms with Crippen LogP contribution >= 0.6 is 0 Å². The molecule has 1 saturated heterocycles. The summed E-state index contributed by atoms with van der Waals surface area (Å²) in [4.78, 5) is 14.3. The minimum absolute atomic E-state index is 0.261. The lowest BCUT2D eigenvalue weighted by Gasteiger charge is -2.22. The summed E-state index contributed by atoms with van der Waals surface area (Å²) < 4.78 is 0. The normalized spacial score (nSPS) is 36.4.